The first-order valence-corrected chi connectivity index (χ1v) is 8.49. The predicted octanol–water partition coefficient (Wildman–Crippen LogP) is 4.09. The van der Waals surface area contributed by atoms with E-state index in [9.17, 15) is 26.0 Å². The number of nitrogens with one attached hydrogen (secondary N) is 1. The van der Waals surface area contributed by atoms with Crippen LogP contribution in [-0.2, 0) is 22.7 Å². The minimum absolute atomic E-state index is 0.0209. The van der Waals surface area contributed by atoms with Gasteiger partial charge >= 0.3 is 6.18 Å². The quantitative estimate of drug-likeness (QED) is 0.770. The summed E-state index contributed by atoms with van der Waals surface area (Å²) in [4.78, 5) is -0.0209. The minimum atomic E-state index is -4.79. The maximum absolute atomic E-state index is 13.4. The Bertz CT molecular complexity index is 822. The summed E-state index contributed by atoms with van der Waals surface area (Å²) in [6, 6.07) is 8.31. The molecule has 9 heteroatoms. The van der Waals surface area contributed by atoms with E-state index in [1.807, 2.05) is 0 Å². The van der Waals surface area contributed by atoms with Crippen molar-refractivity contribution in [1.82, 2.24) is 4.72 Å². The van der Waals surface area contributed by atoms with E-state index in [1.54, 1.807) is 6.07 Å². The summed E-state index contributed by atoms with van der Waals surface area (Å²) >= 11 is 3.10. The number of halogens is 5. The molecule has 0 heterocycles. The topological polar surface area (TPSA) is 46.2 Å². The van der Waals surface area contributed by atoms with Crippen molar-refractivity contribution in [2.24, 2.45) is 0 Å². The van der Waals surface area contributed by atoms with E-state index >= 15 is 0 Å². The Morgan fingerprint density at radius 2 is 1.74 bits per heavy atom. The van der Waals surface area contributed by atoms with Crippen molar-refractivity contribution < 1.29 is 26.0 Å². The van der Waals surface area contributed by atoms with Crippen molar-refractivity contribution >= 4 is 26.0 Å². The highest BCUT2D eigenvalue weighted by atomic mass is 79.9. The lowest BCUT2D eigenvalue weighted by molar-refractivity contribution is -0.140. The molecule has 0 unspecified atom stereocenters. The van der Waals surface area contributed by atoms with E-state index in [4.69, 9.17) is 0 Å². The van der Waals surface area contributed by atoms with Crippen LogP contribution in [0, 0.1) is 5.82 Å². The van der Waals surface area contributed by atoms with Gasteiger partial charge in [0, 0.05) is 11.0 Å². The molecule has 0 atom stereocenters. The molecule has 0 aromatic heterocycles. The summed E-state index contributed by atoms with van der Waals surface area (Å²) in [5.74, 6) is -1.45. The van der Waals surface area contributed by atoms with Gasteiger partial charge in [0.1, 0.15) is 5.82 Å². The van der Waals surface area contributed by atoms with Crippen LogP contribution in [0.25, 0.3) is 0 Å². The first-order valence-electron chi connectivity index (χ1n) is 6.21. The van der Waals surface area contributed by atoms with Crippen molar-refractivity contribution in [2.75, 3.05) is 0 Å². The number of sulfonamides is 1. The molecule has 0 fully saturated rings. The van der Waals surface area contributed by atoms with Gasteiger partial charge in [-0.1, -0.05) is 18.2 Å². The molecule has 3 nitrogen and oxygen atoms in total. The Hall–Kier alpha value is -1.45. The molecule has 23 heavy (non-hydrogen) atoms. The predicted molar refractivity (Wildman–Crippen MR) is 79.6 cm³/mol. The number of benzene rings is 2. The second-order valence-corrected chi connectivity index (χ2v) is 7.16. The van der Waals surface area contributed by atoms with E-state index in [1.165, 1.54) is 18.2 Å². The monoisotopic (exact) mass is 411 g/mol. The van der Waals surface area contributed by atoms with Gasteiger partial charge in [-0.3, -0.25) is 0 Å². The Morgan fingerprint density at radius 1 is 1.09 bits per heavy atom. The van der Waals surface area contributed by atoms with Gasteiger partial charge in [-0.2, -0.15) is 13.2 Å². The fraction of sp³-hybridized carbons (Fsp3) is 0.143. The van der Waals surface area contributed by atoms with Crippen molar-refractivity contribution in [3.05, 3.63) is 63.9 Å². The first-order chi connectivity index (χ1) is 10.6. The zero-order chi connectivity index (χ0) is 17.3. The maximum Gasteiger partial charge on any atom is 0.419 e. The molecule has 0 amide bonds. The molecule has 0 aliphatic carbocycles. The van der Waals surface area contributed by atoms with Crippen LogP contribution in [0.1, 0.15) is 11.1 Å². The number of hydrogen-bond donors (Lipinski definition) is 1. The molecule has 2 rings (SSSR count). The fourth-order valence-corrected chi connectivity index (χ4v) is 3.84. The van der Waals surface area contributed by atoms with Gasteiger partial charge in [-0.05, 0) is 45.8 Å². The second-order valence-electron chi connectivity index (χ2n) is 4.57. The van der Waals surface area contributed by atoms with Gasteiger partial charge in [-0.15, -0.1) is 0 Å². The lowest BCUT2D eigenvalue weighted by Crippen LogP contribution is -2.23. The van der Waals surface area contributed by atoms with Crippen LogP contribution in [0.2, 0.25) is 0 Å². The summed E-state index contributed by atoms with van der Waals surface area (Å²) in [5.41, 5.74) is -1.32. The lowest BCUT2D eigenvalue weighted by atomic mass is 10.1. The molecule has 0 aliphatic heterocycles. The molecule has 2 aromatic carbocycles. The molecule has 2 aromatic rings. The lowest BCUT2D eigenvalue weighted by Gasteiger charge is -2.11. The van der Waals surface area contributed by atoms with Crippen molar-refractivity contribution in [2.45, 2.75) is 17.6 Å². The average molecular weight is 412 g/mol. The fourth-order valence-electron chi connectivity index (χ4n) is 1.82. The number of hydrogen-bond acceptors (Lipinski definition) is 2. The smallest absolute Gasteiger partial charge is 0.207 e. The molecule has 0 radical (unpaired) electrons. The molecule has 124 valence electrons. The molecular weight excluding hydrogens is 402 g/mol. The van der Waals surface area contributed by atoms with E-state index < -0.39 is 27.6 Å². The third-order valence-electron chi connectivity index (χ3n) is 2.93. The van der Waals surface area contributed by atoms with E-state index in [2.05, 4.69) is 20.7 Å². The summed E-state index contributed by atoms with van der Waals surface area (Å²) in [6.45, 7) is -0.335. The van der Waals surface area contributed by atoms with Gasteiger partial charge < -0.3 is 0 Å². The van der Waals surface area contributed by atoms with Gasteiger partial charge in [0.15, 0.2) is 0 Å². The van der Waals surface area contributed by atoms with Crippen molar-refractivity contribution in [3.63, 3.8) is 0 Å². The minimum Gasteiger partial charge on any atom is -0.207 e. The van der Waals surface area contributed by atoms with Crippen LogP contribution in [-0.4, -0.2) is 8.42 Å². The Morgan fingerprint density at radius 3 is 2.30 bits per heavy atom. The van der Waals surface area contributed by atoms with Gasteiger partial charge in [0.05, 0.1) is 10.5 Å². The maximum atomic E-state index is 13.4. The normalized spacial score (nSPS) is 12.4. The van der Waals surface area contributed by atoms with Crippen LogP contribution in [0.5, 0.6) is 0 Å². The van der Waals surface area contributed by atoms with E-state index in [-0.39, 0.29) is 17.0 Å². The SMILES string of the molecule is O=S(=O)(NCc1ccc(C(F)(F)F)c(F)c1)c1ccccc1Br. The third-order valence-corrected chi connectivity index (χ3v) is 5.34. The van der Waals surface area contributed by atoms with Crippen LogP contribution < -0.4 is 4.72 Å². The van der Waals surface area contributed by atoms with E-state index in [0.29, 0.717) is 16.6 Å². The zero-order valence-corrected chi connectivity index (χ0v) is 13.8. The van der Waals surface area contributed by atoms with Gasteiger partial charge in [-0.25, -0.2) is 17.5 Å². The molecule has 0 saturated carbocycles. The van der Waals surface area contributed by atoms with Crippen LogP contribution >= 0.6 is 15.9 Å². The third kappa shape index (κ3) is 4.30. The molecule has 0 saturated heterocycles. The van der Waals surface area contributed by atoms with Gasteiger partial charge in [0.2, 0.25) is 10.0 Å². The molecule has 0 bridgehead atoms. The zero-order valence-electron chi connectivity index (χ0n) is 11.4. The van der Waals surface area contributed by atoms with Crippen LogP contribution in [0.3, 0.4) is 0 Å². The number of alkyl halides is 3. The Balaban J connectivity index is 2.18. The Labute approximate surface area is 138 Å². The average Bonchev–Trinajstić information content (AvgIpc) is 2.44. The highest BCUT2D eigenvalue weighted by Gasteiger charge is 2.33. The van der Waals surface area contributed by atoms with Crippen LogP contribution in [0.4, 0.5) is 17.6 Å². The highest BCUT2D eigenvalue weighted by Crippen LogP contribution is 2.31. The highest BCUT2D eigenvalue weighted by molar-refractivity contribution is 9.10. The summed E-state index contributed by atoms with van der Waals surface area (Å²) in [7, 11) is -3.88. The van der Waals surface area contributed by atoms with Crippen molar-refractivity contribution in [3.8, 4) is 0 Å². The largest absolute Gasteiger partial charge is 0.419 e. The summed E-state index contributed by atoms with van der Waals surface area (Å²) in [6.07, 6.45) is -4.79. The van der Waals surface area contributed by atoms with Crippen molar-refractivity contribution in [1.29, 1.82) is 0 Å². The second kappa shape index (κ2) is 6.58. The molecule has 0 spiro atoms. The summed E-state index contributed by atoms with van der Waals surface area (Å²) < 4.78 is 77.6. The first kappa shape index (κ1) is 17.9. The standard InChI is InChI=1S/C14H10BrF4NO2S/c15-11-3-1-2-4-13(11)23(21,22)20-8-9-5-6-10(12(16)7-9)14(17,18)19/h1-7,20H,8H2. The molecule has 0 aliphatic rings. The summed E-state index contributed by atoms with van der Waals surface area (Å²) in [5, 5.41) is 0. The molecular formula is C14H10BrF4NO2S. The molecule has 1 N–H and O–H groups in total. The van der Waals surface area contributed by atoms with E-state index in [0.717, 1.165) is 6.07 Å². The Kier molecular flexibility index (Phi) is 5.12. The number of rotatable bonds is 4. The van der Waals surface area contributed by atoms with Crippen LogP contribution in [0.15, 0.2) is 51.8 Å². The van der Waals surface area contributed by atoms with Gasteiger partial charge in [0.25, 0.3) is 0 Å².